The van der Waals surface area contributed by atoms with Crippen molar-refractivity contribution >= 4 is 12.0 Å². The Bertz CT molecular complexity index is 346. The van der Waals surface area contributed by atoms with Crippen LogP contribution >= 0.6 is 0 Å². The second-order valence-electron chi connectivity index (χ2n) is 5.13. The Morgan fingerprint density at radius 1 is 1.22 bits per heavy atom. The van der Waals surface area contributed by atoms with Crippen molar-refractivity contribution in [2.45, 2.75) is 38.1 Å². The molecule has 18 heavy (non-hydrogen) atoms. The molecule has 2 aliphatic rings. The molecule has 100 valence electrons. The minimum Gasteiger partial charge on any atom is -0.481 e. The van der Waals surface area contributed by atoms with Crippen LogP contribution in [0.4, 0.5) is 4.79 Å². The summed E-state index contributed by atoms with van der Waals surface area (Å²) in [6, 6.07) is 0.0172. The van der Waals surface area contributed by atoms with Gasteiger partial charge < -0.3 is 15.7 Å². The molecular weight excluding hydrogens is 232 g/mol. The lowest BCUT2D eigenvalue weighted by Gasteiger charge is -2.18. The van der Waals surface area contributed by atoms with Crippen LogP contribution in [0.3, 0.4) is 0 Å². The van der Waals surface area contributed by atoms with Crippen molar-refractivity contribution in [3.8, 4) is 0 Å². The largest absolute Gasteiger partial charge is 0.481 e. The quantitative estimate of drug-likeness (QED) is 0.663. The summed E-state index contributed by atoms with van der Waals surface area (Å²) in [6.45, 7) is 0.461. The lowest BCUT2D eigenvalue weighted by Crippen LogP contribution is -2.43. The molecule has 0 bridgehead atoms. The maximum Gasteiger partial charge on any atom is 0.315 e. The van der Waals surface area contributed by atoms with Crippen LogP contribution in [-0.4, -0.2) is 29.7 Å². The predicted molar refractivity (Wildman–Crippen MR) is 67.2 cm³/mol. The van der Waals surface area contributed by atoms with Crippen LogP contribution in [0.25, 0.3) is 0 Å². The molecule has 3 N–H and O–H groups in total. The maximum atomic E-state index is 11.6. The predicted octanol–water partition coefficient (Wildman–Crippen LogP) is 1.51. The van der Waals surface area contributed by atoms with Crippen LogP contribution in [-0.2, 0) is 4.79 Å². The van der Waals surface area contributed by atoms with E-state index in [0.717, 1.165) is 32.1 Å². The molecule has 2 aliphatic carbocycles. The van der Waals surface area contributed by atoms with Crippen LogP contribution < -0.4 is 10.6 Å². The Morgan fingerprint density at radius 3 is 2.61 bits per heavy atom. The summed E-state index contributed by atoms with van der Waals surface area (Å²) >= 11 is 0. The number of carbonyl (C=O) groups is 2. The smallest absolute Gasteiger partial charge is 0.315 e. The lowest BCUT2D eigenvalue weighted by atomic mass is 9.96. The average Bonchev–Trinajstić information content (AvgIpc) is 2.96. The highest BCUT2D eigenvalue weighted by Crippen LogP contribution is 2.31. The molecule has 2 atom stereocenters. The molecule has 5 heteroatoms. The van der Waals surface area contributed by atoms with Crippen LogP contribution in [0, 0.1) is 11.8 Å². The number of rotatable bonds is 4. The van der Waals surface area contributed by atoms with Gasteiger partial charge in [0.05, 0.1) is 5.92 Å². The van der Waals surface area contributed by atoms with Crippen molar-refractivity contribution in [1.29, 1.82) is 0 Å². The second kappa shape index (κ2) is 5.89. The lowest BCUT2D eigenvalue weighted by molar-refractivity contribution is -0.142. The zero-order valence-corrected chi connectivity index (χ0v) is 10.4. The zero-order chi connectivity index (χ0) is 13.0. The van der Waals surface area contributed by atoms with E-state index < -0.39 is 5.97 Å². The van der Waals surface area contributed by atoms with E-state index in [2.05, 4.69) is 22.8 Å². The molecule has 5 nitrogen and oxygen atoms in total. The van der Waals surface area contributed by atoms with E-state index in [0.29, 0.717) is 6.54 Å². The fraction of sp³-hybridized carbons (Fsp3) is 0.692. The number of nitrogens with one attached hydrogen (secondary N) is 2. The summed E-state index contributed by atoms with van der Waals surface area (Å²) in [5, 5.41) is 14.7. The molecule has 2 unspecified atom stereocenters. The maximum absolute atomic E-state index is 11.6. The number of carboxylic acids is 1. The zero-order valence-electron chi connectivity index (χ0n) is 10.4. The number of hydrogen-bond donors (Lipinski definition) is 3. The van der Waals surface area contributed by atoms with Gasteiger partial charge in [0.25, 0.3) is 0 Å². The molecule has 0 aromatic heterocycles. The van der Waals surface area contributed by atoms with E-state index in [1.807, 2.05) is 0 Å². The van der Waals surface area contributed by atoms with Gasteiger partial charge in [0, 0.05) is 12.6 Å². The van der Waals surface area contributed by atoms with Crippen LogP contribution in [0.5, 0.6) is 0 Å². The van der Waals surface area contributed by atoms with E-state index in [4.69, 9.17) is 5.11 Å². The van der Waals surface area contributed by atoms with Crippen LogP contribution in [0.1, 0.15) is 32.1 Å². The highest BCUT2D eigenvalue weighted by Gasteiger charge is 2.32. The first-order valence-corrected chi connectivity index (χ1v) is 6.59. The molecule has 0 aromatic carbocycles. The van der Waals surface area contributed by atoms with E-state index in [-0.39, 0.29) is 23.9 Å². The molecule has 2 amide bonds. The van der Waals surface area contributed by atoms with Crippen molar-refractivity contribution in [3.05, 3.63) is 12.2 Å². The van der Waals surface area contributed by atoms with E-state index >= 15 is 0 Å². The number of hydrogen-bond acceptors (Lipinski definition) is 2. The van der Waals surface area contributed by atoms with Gasteiger partial charge in [-0.25, -0.2) is 4.79 Å². The van der Waals surface area contributed by atoms with Crippen molar-refractivity contribution < 1.29 is 14.7 Å². The van der Waals surface area contributed by atoms with E-state index in [1.165, 1.54) is 0 Å². The summed E-state index contributed by atoms with van der Waals surface area (Å²) in [5.41, 5.74) is 0. The highest BCUT2D eigenvalue weighted by atomic mass is 16.4. The van der Waals surface area contributed by atoms with E-state index in [9.17, 15) is 9.59 Å². The van der Waals surface area contributed by atoms with Crippen LogP contribution in [0.15, 0.2) is 12.2 Å². The van der Waals surface area contributed by atoms with Crippen molar-refractivity contribution in [3.63, 3.8) is 0 Å². The van der Waals surface area contributed by atoms with Gasteiger partial charge in [-0.2, -0.15) is 0 Å². The van der Waals surface area contributed by atoms with Crippen molar-refractivity contribution in [1.82, 2.24) is 10.6 Å². The summed E-state index contributed by atoms with van der Waals surface area (Å²) in [7, 11) is 0. The third-order valence-corrected chi connectivity index (χ3v) is 3.84. The minimum absolute atomic E-state index is 0.0787. The Hall–Kier alpha value is -1.52. The molecule has 0 radical (unpaired) electrons. The standard InChI is InChI=1S/C13H20N2O3/c16-12(17)11-7-3-4-9(11)8-14-13(18)15-10-5-1-2-6-10/h1-2,9-11H,3-8H2,(H,16,17)(H2,14,15,18). The molecule has 1 fully saturated rings. The summed E-state index contributed by atoms with van der Waals surface area (Å²) < 4.78 is 0. The Kier molecular flexibility index (Phi) is 4.23. The second-order valence-corrected chi connectivity index (χ2v) is 5.13. The summed E-state index contributed by atoms with van der Waals surface area (Å²) in [6.07, 6.45) is 8.45. The van der Waals surface area contributed by atoms with Crippen molar-refractivity contribution in [2.75, 3.05) is 6.54 Å². The van der Waals surface area contributed by atoms with Gasteiger partial charge >= 0.3 is 12.0 Å². The van der Waals surface area contributed by atoms with E-state index in [1.54, 1.807) is 0 Å². The highest BCUT2D eigenvalue weighted by molar-refractivity contribution is 5.74. The third-order valence-electron chi connectivity index (χ3n) is 3.84. The SMILES string of the molecule is O=C(NCC1CCCC1C(=O)O)NC1CC=CC1. The van der Waals surface area contributed by atoms with Gasteiger partial charge in [0.2, 0.25) is 0 Å². The van der Waals surface area contributed by atoms with Gasteiger partial charge in [0.1, 0.15) is 0 Å². The summed E-state index contributed by atoms with van der Waals surface area (Å²) in [5.74, 6) is -0.951. The number of aliphatic carboxylic acids is 1. The van der Waals surface area contributed by atoms with Gasteiger partial charge in [0.15, 0.2) is 0 Å². The Balaban J connectivity index is 1.70. The fourth-order valence-corrected chi connectivity index (χ4v) is 2.80. The number of amides is 2. The average molecular weight is 252 g/mol. The molecule has 0 spiro atoms. The first-order valence-electron chi connectivity index (χ1n) is 6.59. The Morgan fingerprint density at radius 2 is 1.94 bits per heavy atom. The van der Waals surface area contributed by atoms with Crippen molar-refractivity contribution in [2.24, 2.45) is 11.8 Å². The Labute approximate surface area is 107 Å². The van der Waals surface area contributed by atoms with Gasteiger partial charge in [-0.1, -0.05) is 18.6 Å². The normalized spacial score (nSPS) is 27.3. The summed E-state index contributed by atoms with van der Waals surface area (Å²) in [4.78, 5) is 22.6. The first kappa shape index (κ1) is 12.9. The van der Waals surface area contributed by atoms with Gasteiger partial charge in [-0.05, 0) is 31.6 Å². The third kappa shape index (κ3) is 3.24. The topological polar surface area (TPSA) is 78.4 Å². The molecule has 1 saturated carbocycles. The minimum atomic E-state index is -0.736. The monoisotopic (exact) mass is 252 g/mol. The molecular formula is C13H20N2O3. The number of urea groups is 1. The van der Waals surface area contributed by atoms with Crippen LogP contribution in [0.2, 0.25) is 0 Å². The van der Waals surface area contributed by atoms with Gasteiger partial charge in [-0.15, -0.1) is 0 Å². The molecule has 0 aromatic rings. The number of carbonyl (C=O) groups excluding carboxylic acids is 1. The molecule has 0 heterocycles. The molecule has 0 saturated heterocycles. The first-order chi connectivity index (χ1) is 8.66. The molecule has 2 rings (SSSR count). The van der Waals surface area contributed by atoms with Gasteiger partial charge in [-0.3, -0.25) is 4.79 Å². The number of carboxylic acid groups (broad SMARTS) is 1. The molecule has 0 aliphatic heterocycles. The fourth-order valence-electron chi connectivity index (χ4n) is 2.80.